The normalized spacial score (nSPS) is 11.9. The van der Waals surface area contributed by atoms with E-state index in [1.807, 2.05) is 19.2 Å². The molecule has 0 aliphatic carbocycles. The molecule has 0 aliphatic heterocycles. The Kier molecular flexibility index (Phi) is 4.91. The standard InChI is InChI=1S/C14H19NO2/c1-11-6-4-5-7-13(11)10-15(3)9-8-12(2)14(16)17/h4-8H,9-10H2,1-3H3,(H,16,17). The molecule has 17 heavy (non-hydrogen) atoms. The van der Waals surface area contributed by atoms with Crippen molar-refractivity contribution in [3.63, 3.8) is 0 Å². The monoisotopic (exact) mass is 233 g/mol. The van der Waals surface area contributed by atoms with Gasteiger partial charge in [0.25, 0.3) is 0 Å². The van der Waals surface area contributed by atoms with Gasteiger partial charge in [0.15, 0.2) is 0 Å². The zero-order valence-electron chi connectivity index (χ0n) is 10.6. The molecular formula is C14H19NO2. The number of hydrogen-bond acceptors (Lipinski definition) is 2. The lowest BCUT2D eigenvalue weighted by Gasteiger charge is -2.16. The molecule has 92 valence electrons. The van der Waals surface area contributed by atoms with E-state index in [9.17, 15) is 4.79 Å². The summed E-state index contributed by atoms with van der Waals surface area (Å²) >= 11 is 0. The Labute approximate surface area is 102 Å². The third kappa shape index (κ3) is 4.41. The highest BCUT2D eigenvalue weighted by molar-refractivity contribution is 5.85. The van der Waals surface area contributed by atoms with E-state index in [0.717, 1.165) is 6.54 Å². The highest BCUT2D eigenvalue weighted by Crippen LogP contribution is 2.09. The van der Waals surface area contributed by atoms with Gasteiger partial charge in [0.05, 0.1) is 0 Å². The Hall–Kier alpha value is -1.61. The minimum atomic E-state index is -0.853. The second-order valence-corrected chi connectivity index (χ2v) is 4.32. The van der Waals surface area contributed by atoms with Crippen molar-refractivity contribution in [3.8, 4) is 0 Å². The third-order valence-corrected chi connectivity index (χ3v) is 2.75. The number of carbonyl (C=O) groups is 1. The van der Waals surface area contributed by atoms with E-state index in [-0.39, 0.29) is 0 Å². The van der Waals surface area contributed by atoms with Crippen LogP contribution in [-0.2, 0) is 11.3 Å². The average Bonchev–Trinajstić information content (AvgIpc) is 2.29. The highest BCUT2D eigenvalue weighted by Gasteiger charge is 2.03. The van der Waals surface area contributed by atoms with Crippen molar-refractivity contribution in [2.24, 2.45) is 0 Å². The lowest BCUT2D eigenvalue weighted by Crippen LogP contribution is -2.19. The van der Waals surface area contributed by atoms with Crippen molar-refractivity contribution < 1.29 is 9.90 Å². The SMILES string of the molecule is CC(=CCN(C)Cc1ccccc1C)C(=O)O. The Bertz CT molecular complexity index is 424. The summed E-state index contributed by atoms with van der Waals surface area (Å²) in [7, 11) is 1.98. The van der Waals surface area contributed by atoms with Crippen LogP contribution >= 0.6 is 0 Å². The number of likely N-dealkylation sites (N-methyl/N-ethyl adjacent to an activating group) is 1. The molecule has 0 aliphatic rings. The predicted octanol–water partition coefficient (Wildman–Crippen LogP) is 2.46. The number of aryl methyl sites for hydroxylation is 1. The van der Waals surface area contributed by atoms with Crippen LogP contribution in [0.4, 0.5) is 0 Å². The Morgan fingerprint density at radius 2 is 2.06 bits per heavy atom. The minimum absolute atomic E-state index is 0.390. The van der Waals surface area contributed by atoms with Gasteiger partial charge < -0.3 is 5.11 Å². The van der Waals surface area contributed by atoms with Crippen molar-refractivity contribution in [1.29, 1.82) is 0 Å². The van der Waals surface area contributed by atoms with Gasteiger partial charge in [-0.05, 0) is 32.0 Å². The average molecular weight is 233 g/mol. The zero-order chi connectivity index (χ0) is 12.8. The number of nitrogens with zero attached hydrogens (tertiary/aromatic N) is 1. The molecule has 0 radical (unpaired) electrons. The Morgan fingerprint density at radius 3 is 2.65 bits per heavy atom. The number of benzene rings is 1. The summed E-state index contributed by atoms with van der Waals surface area (Å²) in [5.41, 5.74) is 2.93. The van der Waals surface area contributed by atoms with Crippen LogP contribution in [0.3, 0.4) is 0 Å². The van der Waals surface area contributed by atoms with Gasteiger partial charge in [0.2, 0.25) is 0 Å². The van der Waals surface area contributed by atoms with E-state index in [0.29, 0.717) is 12.1 Å². The summed E-state index contributed by atoms with van der Waals surface area (Å²) in [6.45, 7) is 5.17. The maximum atomic E-state index is 10.6. The van der Waals surface area contributed by atoms with Gasteiger partial charge in [-0.15, -0.1) is 0 Å². The van der Waals surface area contributed by atoms with E-state index < -0.39 is 5.97 Å². The van der Waals surface area contributed by atoms with Gasteiger partial charge in [-0.1, -0.05) is 30.3 Å². The van der Waals surface area contributed by atoms with E-state index in [1.54, 1.807) is 13.0 Å². The first-order chi connectivity index (χ1) is 8.00. The van der Waals surface area contributed by atoms with Crippen LogP contribution < -0.4 is 0 Å². The molecule has 1 N–H and O–H groups in total. The fourth-order valence-electron chi connectivity index (χ4n) is 1.52. The quantitative estimate of drug-likeness (QED) is 0.794. The van der Waals surface area contributed by atoms with E-state index in [4.69, 9.17) is 5.11 Å². The molecule has 1 rings (SSSR count). The predicted molar refractivity (Wildman–Crippen MR) is 68.9 cm³/mol. The van der Waals surface area contributed by atoms with Crippen LogP contribution in [0.1, 0.15) is 18.1 Å². The van der Waals surface area contributed by atoms with Gasteiger partial charge >= 0.3 is 5.97 Å². The molecule has 0 spiro atoms. The first-order valence-electron chi connectivity index (χ1n) is 5.64. The molecule has 1 aromatic rings. The Balaban J connectivity index is 2.56. The first kappa shape index (κ1) is 13.5. The topological polar surface area (TPSA) is 40.5 Å². The first-order valence-corrected chi connectivity index (χ1v) is 5.64. The highest BCUT2D eigenvalue weighted by atomic mass is 16.4. The molecule has 0 saturated carbocycles. The van der Waals surface area contributed by atoms with E-state index >= 15 is 0 Å². The zero-order valence-corrected chi connectivity index (χ0v) is 10.6. The van der Waals surface area contributed by atoms with E-state index in [2.05, 4.69) is 24.0 Å². The molecule has 3 nitrogen and oxygen atoms in total. The summed E-state index contributed by atoms with van der Waals surface area (Å²) < 4.78 is 0. The van der Waals surface area contributed by atoms with Crippen LogP contribution in [0.15, 0.2) is 35.9 Å². The number of rotatable bonds is 5. The number of carboxylic acids is 1. The van der Waals surface area contributed by atoms with Crippen LogP contribution in [-0.4, -0.2) is 29.6 Å². The van der Waals surface area contributed by atoms with Crippen molar-refractivity contribution in [3.05, 3.63) is 47.0 Å². The van der Waals surface area contributed by atoms with Crippen LogP contribution in [0.25, 0.3) is 0 Å². The molecule has 0 atom stereocenters. The molecule has 0 unspecified atom stereocenters. The van der Waals surface area contributed by atoms with Crippen molar-refractivity contribution in [1.82, 2.24) is 4.90 Å². The maximum Gasteiger partial charge on any atom is 0.330 e. The second-order valence-electron chi connectivity index (χ2n) is 4.32. The van der Waals surface area contributed by atoms with Gasteiger partial charge in [-0.3, -0.25) is 4.90 Å². The van der Waals surface area contributed by atoms with E-state index in [1.165, 1.54) is 11.1 Å². The molecule has 0 aromatic heterocycles. The molecule has 0 saturated heterocycles. The van der Waals surface area contributed by atoms with Crippen LogP contribution in [0.2, 0.25) is 0 Å². The molecule has 0 heterocycles. The maximum absolute atomic E-state index is 10.6. The molecule has 0 bridgehead atoms. The van der Waals surface area contributed by atoms with Crippen LogP contribution in [0, 0.1) is 6.92 Å². The Morgan fingerprint density at radius 1 is 1.41 bits per heavy atom. The smallest absolute Gasteiger partial charge is 0.330 e. The second kappa shape index (κ2) is 6.21. The lowest BCUT2D eigenvalue weighted by molar-refractivity contribution is -0.132. The molecule has 3 heteroatoms. The summed E-state index contributed by atoms with van der Waals surface area (Å²) in [4.78, 5) is 12.7. The van der Waals surface area contributed by atoms with Gasteiger partial charge in [-0.25, -0.2) is 4.79 Å². The molecule has 0 fully saturated rings. The summed E-state index contributed by atoms with van der Waals surface area (Å²) in [5, 5.41) is 8.74. The van der Waals surface area contributed by atoms with Crippen LogP contribution in [0.5, 0.6) is 0 Å². The summed E-state index contributed by atoms with van der Waals surface area (Å²) in [5.74, 6) is -0.853. The van der Waals surface area contributed by atoms with Crippen molar-refractivity contribution >= 4 is 5.97 Å². The number of aliphatic carboxylic acids is 1. The van der Waals surface area contributed by atoms with Gasteiger partial charge in [0.1, 0.15) is 0 Å². The summed E-state index contributed by atoms with van der Waals surface area (Å²) in [6.07, 6.45) is 1.74. The number of hydrogen-bond donors (Lipinski definition) is 1. The van der Waals surface area contributed by atoms with Crippen molar-refractivity contribution in [2.75, 3.05) is 13.6 Å². The third-order valence-electron chi connectivity index (χ3n) is 2.75. The lowest BCUT2D eigenvalue weighted by atomic mass is 10.1. The largest absolute Gasteiger partial charge is 0.478 e. The minimum Gasteiger partial charge on any atom is -0.478 e. The fourth-order valence-corrected chi connectivity index (χ4v) is 1.52. The molecular weight excluding hydrogens is 214 g/mol. The fraction of sp³-hybridized carbons (Fsp3) is 0.357. The molecule has 0 amide bonds. The van der Waals surface area contributed by atoms with Gasteiger partial charge in [-0.2, -0.15) is 0 Å². The summed E-state index contributed by atoms with van der Waals surface area (Å²) in [6, 6.07) is 8.23. The van der Waals surface area contributed by atoms with Gasteiger partial charge in [0, 0.05) is 18.7 Å². The number of carboxylic acid groups (broad SMARTS) is 1. The van der Waals surface area contributed by atoms with Crippen molar-refractivity contribution in [2.45, 2.75) is 20.4 Å². The molecule has 1 aromatic carbocycles.